The average Bonchev–Trinajstić information content (AvgIpc) is 2.61. The van der Waals surface area contributed by atoms with Crippen LogP contribution in [-0.4, -0.2) is 30.1 Å². The highest BCUT2D eigenvalue weighted by Gasteiger charge is 2.19. The summed E-state index contributed by atoms with van der Waals surface area (Å²) in [6.45, 7) is 7.54. The predicted octanol–water partition coefficient (Wildman–Crippen LogP) is 4.34. The summed E-state index contributed by atoms with van der Waals surface area (Å²) in [7, 11) is 0. The van der Waals surface area contributed by atoms with E-state index in [1.165, 1.54) is 49.9 Å². The molecule has 1 rings (SSSR count). The number of nitrogens with zero attached hydrogens (tertiary/aromatic N) is 1. The Bertz CT molecular complexity index is 531. The van der Waals surface area contributed by atoms with Crippen molar-refractivity contribution < 1.29 is 14.5 Å². The molecule has 0 saturated carbocycles. The van der Waals surface area contributed by atoms with Gasteiger partial charge in [0.15, 0.2) is 0 Å². The SMILES string of the molecule is CCCCCC[C@@H](C)[C@H](COC(=O)c1ccc([N+](=O)[O-])cc1)NCC. The molecule has 2 atom stereocenters. The maximum absolute atomic E-state index is 12.1. The molecule has 0 aliphatic carbocycles. The van der Waals surface area contributed by atoms with Crippen LogP contribution in [0.3, 0.4) is 0 Å². The van der Waals surface area contributed by atoms with E-state index in [-0.39, 0.29) is 11.7 Å². The van der Waals surface area contributed by atoms with Gasteiger partial charge in [-0.1, -0.05) is 46.5 Å². The van der Waals surface area contributed by atoms with E-state index in [2.05, 4.69) is 19.2 Å². The second-order valence-corrected chi connectivity index (χ2v) is 6.39. The van der Waals surface area contributed by atoms with Gasteiger partial charge in [-0.25, -0.2) is 4.79 Å². The number of rotatable bonds is 12. The fourth-order valence-electron chi connectivity index (χ4n) is 2.75. The first-order chi connectivity index (χ1) is 12.0. The number of ether oxygens (including phenoxy) is 1. The molecule has 0 heterocycles. The molecule has 6 nitrogen and oxygen atoms in total. The van der Waals surface area contributed by atoms with Crippen LogP contribution in [0.25, 0.3) is 0 Å². The topological polar surface area (TPSA) is 81.5 Å². The Morgan fingerprint density at radius 2 is 1.88 bits per heavy atom. The van der Waals surface area contributed by atoms with Crippen molar-refractivity contribution in [3.05, 3.63) is 39.9 Å². The molecule has 0 spiro atoms. The van der Waals surface area contributed by atoms with Crippen molar-refractivity contribution in [2.24, 2.45) is 5.92 Å². The fraction of sp³-hybridized carbons (Fsp3) is 0.632. The number of unbranched alkanes of at least 4 members (excludes halogenated alkanes) is 3. The lowest BCUT2D eigenvalue weighted by Crippen LogP contribution is -2.39. The van der Waals surface area contributed by atoms with Gasteiger partial charge in [-0.2, -0.15) is 0 Å². The van der Waals surface area contributed by atoms with E-state index in [9.17, 15) is 14.9 Å². The minimum absolute atomic E-state index is 0.0391. The molecule has 0 fully saturated rings. The van der Waals surface area contributed by atoms with E-state index >= 15 is 0 Å². The van der Waals surface area contributed by atoms with E-state index in [1.54, 1.807) is 0 Å². The van der Waals surface area contributed by atoms with E-state index in [1.807, 2.05) is 6.92 Å². The number of likely N-dealkylation sites (N-methyl/N-ethyl adjacent to an activating group) is 1. The molecule has 0 unspecified atom stereocenters. The molecule has 0 radical (unpaired) electrons. The number of nitro groups is 1. The second kappa shape index (κ2) is 11.6. The Labute approximate surface area is 150 Å². The number of carbonyl (C=O) groups is 1. The van der Waals surface area contributed by atoms with Crippen LogP contribution in [0.1, 0.15) is 63.2 Å². The number of hydrogen-bond donors (Lipinski definition) is 1. The highest BCUT2D eigenvalue weighted by molar-refractivity contribution is 5.89. The summed E-state index contributed by atoms with van der Waals surface area (Å²) < 4.78 is 5.42. The third-order valence-electron chi connectivity index (χ3n) is 4.37. The van der Waals surface area contributed by atoms with Crippen molar-refractivity contribution in [3.63, 3.8) is 0 Å². The monoisotopic (exact) mass is 350 g/mol. The van der Waals surface area contributed by atoms with Gasteiger partial charge < -0.3 is 10.1 Å². The van der Waals surface area contributed by atoms with Crippen molar-refractivity contribution in [3.8, 4) is 0 Å². The summed E-state index contributed by atoms with van der Waals surface area (Å²) in [6.07, 6.45) is 6.01. The molecule has 0 bridgehead atoms. The normalized spacial score (nSPS) is 13.2. The summed E-state index contributed by atoms with van der Waals surface area (Å²) in [6, 6.07) is 5.60. The Balaban J connectivity index is 2.51. The number of hydrogen-bond acceptors (Lipinski definition) is 5. The van der Waals surface area contributed by atoms with E-state index < -0.39 is 10.9 Å². The number of benzene rings is 1. The van der Waals surface area contributed by atoms with Gasteiger partial charge in [0.25, 0.3) is 5.69 Å². The van der Waals surface area contributed by atoms with Gasteiger partial charge in [-0.15, -0.1) is 0 Å². The quantitative estimate of drug-likeness (QED) is 0.262. The zero-order chi connectivity index (χ0) is 18.7. The van der Waals surface area contributed by atoms with Crippen LogP contribution in [0.4, 0.5) is 5.69 Å². The molecule has 1 aromatic rings. The third-order valence-corrected chi connectivity index (χ3v) is 4.37. The smallest absolute Gasteiger partial charge is 0.338 e. The highest BCUT2D eigenvalue weighted by atomic mass is 16.6. The molecule has 0 amide bonds. The lowest BCUT2D eigenvalue weighted by molar-refractivity contribution is -0.384. The highest BCUT2D eigenvalue weighted by Crippen LogP contribution is 2.16. The molecule has 0 aliphatic heterocycles. The van der Waals surface area contributed by atoms with Gasteiger partial charge in [0.05, 0.1) is 10.5 Å². The molecule has 0 aliphatic rings. The number of carbonyl (C=O) groups excluding carboxylic acids is 1. The molecule has 140 valence electrons. The van der Waals surface area contributed by atoms with Crippen molar-refractivity contribution in [2.45, 2.75) is 58.9 Å². The van der Waals surface area contributed by atoms with Gasteiger partial charge in [-0.05, 0) is 31.0 Å². The summed E-state index contributed by atoms with van der Waals surface area (Å²) >= 11 is 0. The summed E-state index contributed by atoms with van der Waals surface area (Å²) in [5.74, 6) is -0.0301. The predicted molar refractivity (Wildman–Crippen MR) is 98.8 cm³/mol. The van der Waals surface area contributed by atoms with Crippen molar-refractivity contribution in [1.29, 1.82) is 0 Å². The van der Waals surface area contributed by atoms with Crippen LogP contribution >= 0.6 is 0 Å². The molecule has 6 heteroatoms. The third kappa shape index (κ3) is 7.65. The van der Waals surface area contributed by atoms with Crippen LogP contribution < -0.4 is 5.32 Å². The lowest BCUT2D eigenvalue weighted by Gasteiger charge is -2.24. The Hall–Kier alpha value is -1.95. The maximum atomic E-state index is 12.1. The molecule has 1 aromatic carbocycles. The van der Waals surface area contributed by atoms with E-state index in [0.717, 1.165) is 13.0 Å². The zero-order valence-corrected chi connectivity index (χ0v) is 15.5. The first kappa shape index (κ1) is 21.1. The minimum atomic E-state index is -0.490. The maximum Gasteiger partial charge on any atom is 0.338 e. The number of non-ortho nitro benzene ring substituents is 1. The molecule has 25 heavy (non-hydrogen) atoms. The zero-order valence-electron chi connectivity index (χ0n) is 15.5. The average molecular weight is 350 g/mol. The Kier molecular flexibility index (Phi) is 9.77. The first-order valence-electron chi connectivity index (χ1n) is 9.14. The van der Waals surface area contributed by atoms with Gasteiger partial charge in [-0.3, -0.25) is 10.1 Å². The standard InChI is InChI=1S/C19H30N2O4/c1-4-6-7-8-9-15(3)18(20-5-2)14-25-19(22)16-10-12-17(13-11-16)21(23)24/h10-13,15,18,20H,4-9,14H2,1-3H3/t15-,18+/m1/s1. The van der Waals surface area contributed by atoms with Crippen LogP contribution in [0, 0.1) is 16.0 Å². The van der Waals surface area contributed by atoms with Crippen molar-refractivity contribution >= 4 is 11.7 Å². The van der Waals surface area contributed by atoms with Gasteiger partial charge in [0.1, 0.15) is 6.61 Å². The Morgan fingerprint density at radius 3 is 2.44 bits per heavy atom. The first-order valence-corrected chi connectivity index (χ1v) is 9.14. The molecule has 0 aromatic heterocycles. The van der Waals surface area contributed by atoms with E-state index in [4.69, 9.17) is 4.74 Å². The summed E-state index contributed by atoms with van der Waals surface area (Å²) in [5, 5.41) is 14.0. The van der Waals surface area contributed by atoms with E-state index in [0.29, 0.717) is 18.1 Å². The molecular weight excluding hydrogens is 320 g/mol. The van der Waals surface area contributed by atoms with Crippen LogP contribution in [0.2, 0.25) is 0 Å². The summed E-state index contributed by atoms with van der Waals surface area (Å²) in [4.78, 5) is 22.3. The number of nitrogens with one attached hydrogen (secondary N) is 1. The van der Waals surface area contributed by atoms with Crippen molar-refractivity contribution in [2.75, 3.05) is 13.2 Å². The number of esters is 1. The van der Waals surface area contributed by atoms with Crippen LogP contribution in [0.5, 0.6) is 0 Å². The number of nitro benzene ring substituents is 1. The van der Waals surface area contributed by atoms with Gasteiger partial charge >= 0.3 is 5.97 Å². The van der Waals surface area contributed by atoms with Gasteiger partial charge in [0.2, 0.25) is 0 Å². The summed E-state index contributed by atoms with van der Waals surface area (Å²) in [5.41, 5.74) is 0.291. The van der Waals surface area contributed by atoms with Gasteiger partial charge in [0, 0.05) is 18.2 Å². The fourth-order valence-corrected chi connectivity index (χ4v) is 2.75. The minimum Gasteiger partial charge on any atom is -0.460 e. The molecule has 0 saturated heterocycles. The Morgan fingerprint density at radius 1 is 1.20 bits per heavy atom. The molecular formula is C19H30N2O4. The second-order valence-electron chi connectivity index (χ2n) is 6.39. The molecule has 1 N–H and O–H groups in total. The largest absolute Gasteiger partial charge is 0.460 e. The van der Waals surface area contributed by atoms with Crippen LogP contribution in [0.15, 0.2) is 24.3 Å². The van der Waals surface area contributed by atoms with Crippen LogP contribution in [-0.2, 0) is 4.74 Å². The lowest BCUT2D eigenvalue weighted by atomic mass is 9.95. The van der Waals surface area contributed by atoms with Crippen molar-refractivity contribution in [1.82, 2.24) is 5.32 Å².